The summed E-state index contributed by atoms with van der Waals surface area (Å²) in [5.74, 6) is 5.62. The second-order valence-corrected chi connectivity index (χ2v) is 7.82. The van der Waals surface area contributed by atoms with E-state index in [9.17, 15) is 4.79 Å². The number of rotatable bonds is 21. The van der Waals surface area contributed by atoms with Crippen LogP contribution >= 0.6 is 12.6 Å². The Kier molecular flexibility index (Phi) is 86.7. The highest BCUT2D eigenvalue weighted by atomic mass is 32.1. The number of amides is 1. The summed E-state index contributed by atoms with van der Waals surface area (Å²) in [6.45, 7) is 0.477. The number of aliphatic hydroxyl groups is 10. The Morgan fingerprint density at radius 2 is 0.780 bits per heavy atom. The second kappa shape index (κ2) is 67.2. The topological polar surface area (TPSA) is 276 Å². The fourth-order valence-electron chi connectivity index (χ4n) is 1.98. The lowest BCUT2D eigenvalue weighted by molar-refractivity contribution is -0.126. The summed E-state index contributed by atoms with van der Waals surface area (Å²) in [6, 6.07) is 0. The smallest absolute Gasteiger partial charge is 0.259 e. The molecule has 0 aliphatic rings. The number of carbonyl (C=O) groups is 1. The van der Waals surface area contributed by atoms with Crippen molar-refractivity contribution in [1.29, 1.82) is 0 Å². The quantitative estimate of drug-likeness (QED) is 0.0202. The molecule has 0 rings (SSSR count). The maximum absolute atomic E-state index is 10.7. The van der Waals surface area contributed by atoms with Gasteiger partial charge in [0.05, 0.1) is 79.3 Å². The highest BCUT2D eigenvalue weighted by Gasteiger charge is 1.97. The molecule has 0 saturated heterocycles. The van der Waals surface area contributed by atoms with Crippen molar-refractivity contribution >= 4 is 18.5 Å². The van der Waals surface area contributed by atoms with E-state index >= 15 is 0 Å². The van der Waals surface area contributed by atoms with Crippen molar-refractivity contribution < 1.29 is 65.3 Å². The third-order valence-electron chi connectivity index (χ3n) is 3.71. The average Bonchev–Trinajstić information content (AvgIpc) is 3.03. The molecule has 0 spiro atoms. The lowest BCUT2D eigenvalue weighted by Crippen LogP contribution is -2.33. The van der Waals surface area contributed by atoms with Crippen LogP contribution < -0.4 is 11.3 Å². The molecule has 41 heavy (non-hydrogen) atoms. The lowest BCUT2D eigenvalue weighted by atomic mass is 10.1. The molecule has 0 heterocycles. The fraction of sp³-hybridized carbons (Fsp3) is 0.960. The molecule has 0 aromatic carbocycles. The molecular formula is C25H62N2O13S. The number of nitrogens with two attached hydrogens (primary N) is 1. The molecule has 0 atom stereocenters. The first-order valence-corrected chi connectivity index (χ1v) is 14.4. The first kappa shape index (κ1) is 52.9. The summed E-state index contributed by atoms with van der Waals surface area (Å²) >= 11 is 4.21. The Hall–Kier alpha value is -0.700. The highest BCUT2D eigenvalue weighted by molar-refractivity contribution is 7.80. The van der Waals surface area contributed by atoms with Crippen molar-refractivity contribution in [2.75, 3.05) is 98.2 Å². The number of thiol groups is 1. The van der Waals surface area contributed by atoms with Crippen molar-refractivity contribution in [3.05, 3.63) is 0 Å². The van der Waals surface area contributed by atoms with Gasteiger partial charge in [0, 0.05) is 6.61 Å². The van der Waals surface area contributed by atoms with Crippen LogP contribution in [0.2, 0.25) is 0 Å². The second-order valence-electron chi connectivity index (χ2n) is 7.37. The fourth-order valence-corrected chi connectivity index (χ4v) is 2.20. The molecule has 1 amide bonds. The Labute approximate surface area is 251 Å². The Balaban J connectivity index is -0.000000123. The molecule has 16 heteroatoms. The average molecular weight is 631 g/mol. The van der Waals surface area contributed by atoms with E-state index in [1.54, 1.807) is 0 Å². The zero-order chi connectivity index (χ0) is 32.7. The Morgan fingerprint density at radius 1 is 0.488 bits per heavy atom. The van der Waals surface area contributed by atoms with Gasteiger partial charge in [-0.15, -0.1) is 0 Å². The van der Waals surface area contributed by atoms with Gasteiger partial charge in [-0.3, -0.25) is 10.2 Å². The first-order valence-electron chi connectivity index (χ1n) is 13.7. The summed E-state index contributed by atoms with van der Waals surface area (Å²) in [4.78, 5) is 10.7. The lowest BCUT2D eigenvalue weighted by Gasteiger charge is -2.05. The van der Waals surface area contributed by atoms with Crippen molar-refractivity contribution in [3.8, 4) is 0 Å². The van der Waals surface area contributed by atoms with Gasteiger partial charge < -0.3 is 60.5 Å². The predicted octanol–water partition coefficient (Wildman–Crippen LogP) is -2.69. The van der Waals surface area contributed by atoms with Crippen LogP contribution in [0.4, 0.5) is 0 Å². The number of unbranched alkanes of at least 4 members (excludes halogenated alkanes) is 8. The van der Waals surface area contributed by atoms with Crippen molar-refractivity contribution in [1.82, 2.24) is 5.43 Å². The molecule has 0 fully saturated rings. The van der Waals surface area contributed by atoms with Crippen LogP contribution in [-0.4, -0.2) is 155 Å². The summed E-state index contributed by atoms with van der Waals surface area (Å²) in [6.07, 6.45) is 11.6. The SMILES string of the molecule is NNC(=O)COCCOCCCCCCCCCCCS.OCCO.OCCO.OCCO.OCCO.OCCO. The van der Waals surface area contributed by atoms with Crippen LogP contribution in [0, 0.1) is 0 Å². The van der Waals surface area contributed by atoms with Gasteiger partial charge in [0.25, 0.3) is 5.91 Å². The molecule has 256 valence electrons. The van der Waals surface area contributed by atoms with E-state index in [4.69, 9.17) is 66.4 Å². The van der Waals surface area contributed by atoms with Gasteiger partial charge in [-0.05, 0) is 18.6 Å². The molecule has 0 radical (unpaired) electrons. The molecule has 13 N–H and O–H groups in total. The maximum Gasteiger partial charge on any atom is 0.259 e. The zero-order valence-electron chi connectivity index (χ0n) is 24.7. The van der Waals surface area contributed by atoms with Gasteiger partial charge in [-0.1, -0.05) is 44.9 Å². The van der Waals surface area contributed by atoms with Crippen LogP contribution in [0.5, 0.6) is 0 Å². The molecule has 0 aromatic rings. The number of aliphatic hydroxyl groups excluding tert-OH is 10. The minimum absolute atomic E-state index is 0.00610. The number of ether oxygens (including phenoxy) is 2. The number of carbonyl (C=O) groups excluding carboxylic acids is 1. The molecule has 0 unspecified atom stereocenters. The Bertz CT molecular complexity index is 349. The number of nitrogens with one attached hydrogen (secondary N) is 1. The van der Waals surface area contributed by atoms with Crippen LogP contribution in [0.1, 0.15) is 57.8 Å². The minimum atomic E-state index is -0.319. The largest absolute Gasteiger partial charge is 0.394 e. The number of hydrogen-bond acceptors (Lipinski definition) is 15. The van der Waals surface area contributed by atoms with Crippen LogP contribution in [-0.2, 0) is 14.3 Å². The van der Waals surface area contributed by atoms with Gasteiger partial charge >= 0.3 is 0 Å². The summed E-state index contributed by atoms with van der Waals surface area (Å²) in [5.41, 5.74) is 2.01. The molecule has 0 saturated carbocycles. The Morgan fingerprint density at radius 3 is 1.07 bits per heavy atom. The van der Waals surface area contributed by atoms with E-state index in [-0.39, 0.29) is 78.6 Å². The van der Waals surface area contributed by atoms with E-state index in [1.165, 1.54) is 51.4 Å². The van der Waals surface area contributed by atoms with Crippen molar-refractivity contribution in [3.63, 3.8) is 0 Å². The van der Waals surface area contributed by atoms with E-state index in [0.717, 1.165) is 18.8 Å². The number of hydrazine groups is 1. The summed E-state index contributed by atoms with van der Waals surface area (Å²) in [7, 11) is 0. The van der Waals surface area contributed by atoms with Gasteiger partial charge in [0.1, 0.15) is 6.61 Å². The standard InChI is InChI=1S/C15H32N2O3S.5C2H6O2/c16-17-15(18)14-20-12-11-19-10-8-6-4-2-1-3-5-7-9-13-21;5*3-1-2-4/h21H,1-14,16H2,(H,17,18);5*3-4H,1-2H2. The predicted molar refractivity (Wildman–Crippen MR) is 160 cm³/mol. The zero-order valence-corrected chi connectivity index (χ0v) is 25.6. The highest BCUT2D eigenvalue weighted by Crippen LogP contribution is 2.09. The molecule has 0 bridgehead atoms. The molecule has 0 aromatic heterocycles. The van der Waals surface area contributed by atoms with Gasteiger partial charge in [0.2, 0.25) is 0 Å². The van der Waals surface area contributed by atoms with Crippen molar-refractivity contribution in [2.45, 2.75) is 57.8 Å². The van der Waals surface area contributed by atoms with Gasteiger partial charge in [-0.25, -0.2) is 5.84 Å². The van der Waals surface area contributed by atoms with E-state index in [2.05, 4.69) is 12.6 Å². The molecule has 0 aliphatic heterocycles. The van der Waals surface area contributed by atoms with Crippen LogP contribution in [0.15, 0.2) is 0 Å². The van der Waals surface area contributed by atoms with Crippen LogP contribution in [0.3, 0.4) is 0 Å². The van der Waals surface area contributed by atoms with E-state index < -0.39 is 0 Å². The third kappa shape index (κ3) is 101. The summed E-state index contributed by atoms with van der Waals surface area (Å²) < 4.78 is 10.5. The van der Waals surface area contributed by atoms with E-state index in [0.29, 0.717) is 13.2 Å². The monoisotopic (exact) mass is 630 g/mol. The van der Waals surface area contributed by atoms with Crippen LogP contribution in [0.25, 0.3) is 0 Å². The first-order chi connectivity index (χ1) is 19.9. The molecular weight excluding hydrogens is 568 g/mol. The molecule has 0 aliphatic carbocycles. The van der Waals surface area contributed by atoms with Crippen molar-refractivity contribution in [2.24, 2.45) is 5.84 Å². The third-order valence-corrected chi connectivity index (χ3v) is 4.03. The normalized spacial score (nSPS) is 9.17. The minimum Gasteiger partial charge on any atom is -0.394 e. The van der Waals surface area contributed by atoms with Gasteiger partial charge in [0.15, 0.2) is 0 Å². The maximum atomic E-state index is 10.7. The number of hydrogen-bond donors (Lipinski definition) is 13. The summed E-state index contributed by atoms with van der Waals surface area (Å²) in [5, 5.41) is 76.2. The molecule has 15 nitrogen and oxygen atoms in total. The van der Waals surface area contributed by atoms with Gasteiger partial charge in [-0.2, -0.15) is 12.6 Å². The van der Waals surface area contributed by atoms with E-state index in [1.807, 2.05) is 5.43 Å².